The zero-order chi connectivity index (χ0) is 24.1. The molecule has 3 heterocycles. The number of carbonyl (C=O) groups excluding carboxylic acids is 1. The first-order chi connectivity index (χ1) is 16.5. The van der Waals surface area contributed by atoms with Crippen molar-refractivity contribution in [2.45, 2.75) is 26.7 Å². The molecular formula is C26H25N3O4S. The third-order valence-electron chi connectivity index (χ3n) is 5.46. The summed E-state index contributed by atoms with van der Waals surface area (Å²) < 4.78 is 10.6. The Balaban J connectivity index is 1.91. The number of aryl methyl sites for hydroxylation is 1. The van der Waals surface area contributed by atoms with Crippen LogP contribution in [0, 0.1) is 0 Å². The quantitative estimate of drug-likeness (QED) is 0.364. The number of H-pyrrole nitrogens is 1. The Hall–Kier alpha value is -3.78. The van der Waals surface area contributed by atoms with Crippen molar-refractivity contribution >= 4 is 17.3 Å². The van der Waals surface area contributed by atoms with Crippen LogP contribution in [0.3, 0.4) is 0 Å². The molecule has 0 saturated heterocycles. The van der Waals surface area contributed by atoms with Gasteiger partial charge in [0.05, 0.1) is 30.5 Å². The van der Waals surface area contributed by atoms with Crippen LogP contribution in [-0.2, 0) is 17.6 Å². The molecule has 0 aliphatic heterocycles. The minimum absolute atomic E-state index is 0.237. The topological polar surface area (TPSA) is 94.2 Å². The lowest BCUT2D eigenvalue weighted by Crippen LogP contribution is -2.22. The molecule has 0 radical (unpaired) electrons. The van der Waals surface area contributed by atoms with Gasteiger partial charge in [0.2, 0.25) is 0 Å². The minimum atomic E-state index is -0.454. The van der Waals surface area contributed by atoms with Crippen molar-refractivity contribution in [2.75, 3.05) is 13.7 Å². The summed E-state index contributed by atoms with van der Waals surface area (Å²) in [5.41, 5.74) is 4.03. The molecule has 34 heavy (non-hydrogen) atoms. The molecule has 4 rings (SSSR count). The van der Waals surface area contributed by atoms with E-state index in [0.29, 0.717) is 40.9 Å². The normalized spacial score (nSPS) is 10.8. The molecule has 1 aromatic carbocycles. The first kappa shape index (κ1) is 23.4. The smallest absolute Gasteiger partial charge is 0.340 e. The predicted molar refractivity (Wildman–Crippen MR) is 133 cm³/mol. The van der Waals surface area contributed by atoms with Gasteiger partial charge in [0, 0.05) is 29.0 Å². The van der Waals surface area contributed by atoms with E-state index in [0.717, 1.165) is 21.9 Å². The molecule has 7 nitrogen and oxygen atoms in total. The molecule has 0 bridgehead atoms. The van der Waals surface area contributed by atoms with Gasteiger partial charge >= 0.3 is 5.97 Å². The number of aromatic nitrogens is 3. The fourth-order valence-electron chi connectivity index (χ4n) is 3.83. The van der Waals surface area contributed by atoms with Gasteiger partial charge in [-0.25, -0.2) is 9.78 Å². The third-order valence-corrected chi connectivity index (χ3v) is 6.35. The summed E-state index contributed by atoms with van der Waals surface area (Å²) in [6.07, 6.45) is 4.26. The first-order valence-corrected chi connectivity index (χ1v) is 11.9. The summed E-state index contributed by atoms with van der Waals surface area (Å²) in [6, 6.07) is 11.3. The minimum Gasteiger partial charge on any atom is -0.497 e. The third kappa shape index (κ3) is 4.77. The van der Waals surface area contributed by atoms with E-state index in [1.54, 1.807) is 26.4 Å². The molecule has 0 aliphatic rings. The lowest BCUT2D eigenvalue weighted by molar-refractivity contribution is 0.0523. The Morgan fingerprint density at radius 3 is 2.47 bits per heavy atom. The number of aromatic amines is 1. The van der Waals surface area contributed by atoms with E-state index in [1.807, 2.05) is 48.7 Å². The maximum atomic E-state index is 13.3. The molecule has 1 N–H and O–H groups in total. The van der Waals surface area contributed by atoms with E-state index >= 15 is 0 Å². The fourth-order valence-corrected chi connectivity index (χ4v) is 4.65. The molecule has 0 saturated carbocycles. The van der Waals surface area contributed by atoms with Crippen LogP contribution in [0.5, 0.6) is 5.75 Å². The second-order valence-corrected chi connectivity index (χ2v) is 8.39. The maximum Gasteiger partial charge on any atom is 0.340 e. The first-order valence-electron chi connectivity index (χ1n) is 11.0. The number of esters is 1. The van der Waals surface area contributed by atoms with Gasteiger partial charge in [-0.1, -0.05) is 19.1 Å². The molecule has 0 atom stereocenters. The number of thiazole rings is 1. The van der Waals surface area contributed by atoms with E-state index in [9.17, 15) is 9.59 Å². The average Bonchev–Trinajstić information content (AvgIpc) is 3.34. The standard InChI is InChI=1S/C26H25N3O4S/c1-4-20-23(26(31)33-5-2)19(14-16-6-8-18(32-3)9-7-16)22(24(30)28-20)21-15-34-25(29-21)17-10-12-27-13-11-17/h6-13,15H,4-5,14H2,1-3H3,(H,28,30). The van der Waals surface area contributed by atoms with Crippen molar-refractivity contribution in [3.63, 3.8) is 0 Å². The molecular weight excluding hydrogens is 450 g/mol. The number of hydrogen-bond acceptors (Lipinski definition) is 7. The van der Waals surface area contributed by atoms with Crippen LogP contribution >= 0.6 is 11.3 Å². The van der Waals surface area contributed by atoms with Gasteiger partial charge in [0.25, 0.3) is 5.56 Å². The number of methoxy groups -OCH3 is 1. The Labute approximate surface area is 201 Å². The van der Waals surface area contributed by atoms with Crippen LogP contribution in [0.4, 0.5) is 0 Å². The van der Waals surface area contributed by atoms with Crippen LogP contribution in [0.15, 0.2) is 59.0 Å². The number of benzene rings is 1. The molecule has 0 spiro atoms. The number of nitrogens with zero attached hydrogens (tertiary/aromatic N) is 2. The zero-order valence-corrected chi connectivity index (χ0v) is 20.1. The van der Waals surface area contributed by atoms with Crippen molar-refractivity contribution in [2.24, 2.45) is 0 Å². The number of carbonyl (C=O) groups is 1. The number of hydrogen-bond donors (Lipinski definition) is 1. The van der Waals surface area contributed by atoms with Crippen molar-refractivity contribution in [3.8, 4) is 27.6 Å². The number of nitrogens with one attached hydrogen (secondary N) is 1. The highest BCUT2D eigenvalue weighted by molar-refractivity contribution is 7.13. The summed E-state index contributed by atoms with van der Waals surface area (Å²) >= 11 is 1.44. The number of ether oxygens (including phenoxy) is 2. The zero-order valence-electron chi connectivity index (χ0n) is 19.3. The van der Waals surface area contributed by atoms with Crippen LogP contribution < -0.4 is 10.3 Å². The van der Waals surface area contributed by atoms with Crippen LogP contribution in [0.2, 0.25) is 0 Å². The SMILES string of the molecule is CCOC(=O)c1c(CC)[nH]c(=O)c(-c2csc(-c3ccncc3)n2)c1Cc1ccc(OC)cc1. The van der Waals surface area contributed by atoms with E-state index < -0.39 is 5.97 Å². The highest BCUT2D eigenvalue weighted by atomic mass is 32.1. The Kier molecular flexibility index (Phi) is 7.18. The summed E-state index contributed by atoms with van der Waals surface area (Å²) in [5, 5.41) is 2.61. The lowest BCUT2D eigenvalue weighted by Gasteiger charge is -2.16. The molecule has 8 heteroatoms. The predicted octanol–water partition coefficient (Wildman–Crippen LogP) is 4.90. The van der Waals surface area contributed by atoms with Crippen molar-refractivity contribution < 1.29 is 14.3 Å². The molecule has 0 unspecified atom stereocenters. The van der Waals surface area contributed by atoms with Gasteiger partial charge in [0.15, 0.2) is 0 Å². The molecule has 0 fully saturated rings. The van der Waals surface area contributed by atoms with Crippen molar-refractivity contribution in [1.82, 2.24) is 15.0 Å². The van der Waals surface area contributed by atoms with Crippen LogP contribution in [0.1, 0.15) is 41.0 Å². The van der Waals surface area contributed by atoms with Gasteiger partial charge in [-0.15, -0.1) is 11.3 Å². The second kappa shape index (κ2) is 10.4. The lowest BCUT2D eigenvalue weighted by atomic mass is 9.92. The average molecular weight is 476 g/mol. The van der Waals surface area contributed by atoms with E-state index in [-0.39, 0.29) is 12.2 Å². The summed E-state index contributed by atoms with van der Waals surface area (Å²) in [7, 11) is 1.61. The Bertz CT molecular complexity index is 1340. The molecule has 3 aromatic heterocycles. The fraction of sp³-hybridized carbons (Fsp3) is 0.231. The van der Waals surface area contributed by atoms with E-state index in [4.69, 9.17) is 14.5 Å². The highest BCUT2D eigenvalue weighted by Gasteiger charge is 2.25. The van der Waals surface area contributed by atoms with Gasteiger partial charge in [0.1, 0.15) is 10.8 Å². The summed E-state index contributed by atoms with van der Waals surface area (Å²) in [6.45, 7) is 3.90. The summed E-state index contributed by atoms with van der Waals surface area (Å²) in [4.78, 5) is 38.1. The highest BCUT2D eigenvalue weighted by Crippen LogP contribution is 2.32. The van der Waals surface area contributed by atoms with Crippen LogP contribution in [0.25, 0.3) is 21.8 Å². The van der Waals surface area contributed by atoms with E-state index in [1.165, 1.54) is 11.3 Å². The Morgan fingerprint density at radius 2 is 1.82 bits per heavy atom. The Morgan fingerprint density at radius 1 is 1.09 bits per heavy atom. The van der Waals surface area contributed by atoms with Crippen molar-refractivity contribution in [1.29, 1.82) is 0 Å². The largest absolute Gasteiger partial charge is 0.497 e. The van der Waals surface area contributed by atoms with E-state index in [2.05, 4.69) is 9.97 Å². The van der Waals surface area contributed by atoms with Gasteiger partial charge < -0.3 is 14.5 Å². The molecule has 174 valence electrons. The van der Waals surface area contributed by atoms with Gasteiger partial charge in [-0.05, 0) is 55.2 Å². The van der Waals surface area contributed by atoms with Gasteiger partial charge in [-0.3, -0.25) is 9.78 Å². The number of pyridine rings is 2. The van der Waals surface area contributed by atoms with Crippen molar-refractivity contribution in [3.05, 3.63) is 86.9 Å². The number of rotatable bonds is 8. The molecule has 0 amide bonds. The summed E-state index contributed by atoms with van der Waals surface area (Å²) in [5.74, 6) is 0.279. The van der Waals surface area contributed by atoms with Gasteiger partial charge in [-0.2, -0.15) is 0 Å². The monoisotopic (exact) mass is 475 g/mol. The molecule has 0 aliphatic carbocycles. The second-order valence-electron chi connectivity index (χ2n) is 7.53. The maximum absolute atomic E-state index is 13.3. The van der Waals surface area contributed by atoms with Crippen LogP contribution in [-0.4, -0.2) is 34.6 Å². The molecule has 4 aromatic rings.